The fourth-order valence-electron chi connectivity index (χ4n) is 2.55. The maximum atomic E-state index is 13.2. The molecule has 0 saturated carbocycles. The summed E-state index contributed by atoms with van der Waals surface area (Å²) in [6, 6.07) is 11.9. The van der Waals surface area contributed by atoms with Gasteiger partial charge in [0.15, 0.2) is 0 Å². The van der Waals surface area contributed by atoms with Gasteiger partial charge < -0.3 is 11.1 Å². The lowest BCUT2D eigenvalue weighted by Gasteiger charge is -2.26. The van der Waals surface area contributed by atoms with Gasteiger partial charge in [0, 0.05) is 29.1 Å². The molecule has 0 bridgehead atoms. The van der Waals surface area contributed by atoms with Crippen LogP contribution in [0.4, 0.5) is 10.1 Å². The Labute approximate surface area is 159 Å². The van der Waals surface area contributed by atoms with Crippen LogP contribution >= 0.6 is 24.0 Å². The quantitative estimate of drug-likeness (QED) is 0.719. The standard InChI is InChI=1S/C19H22ClFN2O.ClH/c1-19(2,15-9-8-14(21)11-16(15)20)12-23-18(24)10-7-13-5-3-4-6-17(13)22;/h3-6,8-9,11H,7,10,12,22H2,1-2H3,(H,23,24);1H. The highest BCUT2D eigenvalue weighted by Crippen LogP contribution is 2.30. The van der Waals surface area contributed by atoms with E-state index in [0.717, 1.165) is 11.1 Å². The number of anilines is 1. The van der Waals surface area contributed by atoms with Crippen LogP contribution in [0.1, 0.15) is 31.4 Å². The van der Waals surface area contributed by atoms with Gasteiger partial charge in [-0.3, -0.25) is 4.79 Å². The molecule has 0 aliphatic heterocycles. The third-order valence-electron chi connectivity index (χ3n) is 4.06. The molecular weight excluding hydrogens is 362 g/mol. The monoisotopic (exact) mass is 384 g/mol. The zero-order valence-corrected chi connectivity index (χ0v) is 15.9. The Morgan fingerprint density at radius 2 is 1.92 bits per heavy atom. The van der Waals surface area contributed by atoms with Gasteiger partial charge in [-0.05, 0) is 35.7 Å². The van der Waals surface area contributed by atoms with Crippen LogP contribution in [-0.2, 0) is 16.6 Å². The number of carbonyl (C=O) groups excluding carboxylic acids is 1. The Morgan fingerprint density at radius 1 is 1.24 bits per heavy atom. The second kappa shape index (κ2) is 9.07. The molecule has 0 fully saturated rings. The summed E-state index contributed by atoms with van der Waals surface area (Å²) in [6.45, 7) is 4.34. The van der Waals surface area contributed by atoms with E-state index in [2.05, 4.69) is 5.32 Å². The maximum absolute atomic E-state index is 13.2. The summed E-state index contributed by atoms with van der Waals surface area (Å²) >= 11 is 6.12. The third kappa shape index (κ3) is 5.91. The molecule has 0 unspecified atom stereocenters. The number of carbonyl (C=O) groups is 1. The first-order valence-corrected chi connectivity index (χ1v) is 8.23. The smallest absolute Gasteiger partial charge is 0.220 e. The fraction of sp³-hybridized carbons (Fsp3) is 0.316. The van der Waals surface area contributed by atoms with Gasteiger partial charge in [0.1, 0.15) is 5.82 Å². The zero-order valence-electron chi connectivity index (χ0n) is 14.3. The van der Waals surface area contributed by atoms with Crippen molar-refractivity contribution in [3.8, 4) is 0 Å². The van der Waals surface area contributed by atoms with Crippen molar-refractivity contribution in [1.82, 2.24) is 5.32 Å². The van der Waals surface area contributed by atoms with Gasteiger partial charge in [0.2, 0.25) is 5.91 Å². The van der Waals surface area contributed by atoms with Gasteiger partial charge in [-0.2, -0.15) is 0 Å². The number of benzene rings is 2. The SMILES string of the molecule is CC(C)(CNC(=O)CCc1ccccc1N)c1ccc(F)cc1Cl.Cl. The summed E-state index contributed by atoms with van der Waals surface area (Å²) in [7, 11) is 0. The Hall–Kier alpha value is -1.78. The minimum Gasteiger partial charge on any atom is -0.399 e. The van der Waals surface area contributed by atoms with Crippen LogP contribution in [0.25, 0.3) is 0 Å². The van der Waals surface area contributed by atoms with Crippen LogP contribution in [0.5, 0.6) is 0 Å². The van der Waals surface area contributed by atoms with Gasteiger partial charge >= 0.3 is 0 Å². The summed E-state index contributed by atoms with van der Waals surface area (Å²) in [6.07, 6.45) is 0.956. The van der Waals surface area contributed by atoms with Crippen LogP contribution < -0.4 is 11.1 Å². The summed E-state index contributed by atoms with van der Waals surface area (Å²) < 4.78 is 13.2. The van der Waals surface area contributed by atoms with Gasteiger partial charge in [-0.25, -0.2) is 4.39 Å². The van der Waals surface area contributed by atoms with E-state index in [9.17, 15) is 9.18 Å². The number of amides is 1. The summed E-state index contributed by atoms with van der Waals surface area (Å²) in [5.41, 5.74) is 7.95. The van der Waals surface area contributed by atoms with Crippen LogP contribution in [0.3, 0.4) is 0 Å². The summed E-state index contributed by atoms with van der Waals surface area (Å²) in [5.74, 6) is -0.423. The normalized spacial score (nSPS) is 10.9. The average Bonchev–Trinajstić information content (AvgIpc) is 2.52. The molecule has 1 amide bonds. The van der Waals surface area contributed by atoms with E-state index in [1.165, 1.54) is 12.1 Å². The first-order chi connectivity index (χ1) is 11.3. The predicted octanol–water partition coefficient (Wildman–Crippen LogP) is 4.51. The van der Waals surface area contributed by atoms with Crippen molar-refractivity contribution < 1.29 is 9.18 Å². The van der Waals surface area contributed by atoms with Crippen LogP contribution in [0.15, 0.2) is 42.5 Å². The molecule has 0 saturated heterocycles. The molecule has 25 heavy (non-hydrogen) atoms. The lowest BCUT2D eigenvalue weighted by atomic mass is 9.84. The van der Waals surface area contributed by atoms with Crippen LogP contribution in [0, 0.1) is 5.82 Å². The Balaban J connectivity index is 0.00000312. The van der Waals surface area contributed by atoms with E-state index in [0.29, 0.717) is 30.1 Å². The van der Waals surface area contributed by atoms with Crippen molar-refractivity contribution in [1.29, 1.82) is 0 Å². The number of hydrogen-bond acceptors (Lipinski definition) is 2. The number of nitrogens with one attached hydrogen (secondary N) is 1. The second-order valence-corrected chi connectivity index (χ2v) is 6.89. The second-order valence-electron chi connectivity index (χ2n) is 6.48. The van der Waals surface area contributed by atoms with Crippen molar-refractivity contribution in [3.63, 3.8) is 0 Å². The van der Waals surface area contributed by atoms with Crippen molar-refractivity contribution in [2.24, 2.45) is 0 Å². The van der Waals surface area contributed by atoms with E-state index in [1.807, 2.05) is 38.1 Å². The highest BCUT2D eigenvalue weighted by atomic mass is 35.5. The first kappa shape index (κ1) is 21.3. The molecule has 2 rings (SSSR count). The predicted molar refractivity (Wildman–Crippen MR) is 104 cm³/mol. The molecule has 6 heteroatoms. The number of halogens is 3. The molecule has 2 aromatic rings. The summed E-state index contributed by atoms with van der Waals surface area (Å²) in [5, 5.41) is 3.29. The number of para-hydroxylation sites is 1. The molecule has 3 N–H and O–H groups in total. The Kier molecular flexibility index (Phi) is 7.71. The molecule has 0 spiro atoms. The zero-order chi connectivity index (χ0) is 17.7. The number of nitrogen functional groups attached to an aromatic ring is 1. The van der Waals surface area contributed by atoms with Crippen molar-refractivity contribution >= 4 is 35.6 Å². The molecule has 136 valence electrons. The Bertz CT molecular complexity index is 735. The topological polar surface area (TPSA) is 55.1 Å². The van der Waals surface area contributed by atoms with Crippen molar-refractivity contribution in [3.05, 3.63) is 64.4 Å². The minimum absolute atomic E-state index is 0. The molecule has 0 heterocycles. The van der Waals surface area contributed by atoms with E-state index < -0.39 is 5.41 Å². The van der Waals surface area contributed by atoms with E-state index in [1.54, 1.807) is 6.07 Å². The molecule has 0 radical (unpaired) electrons. The van der Waals surface area contributed by atoms with Crippen molar-refractivity contribution in [2.45, 2.75) is 32.1 Å². The van der Waals surface area contributed by atoms with Gasteiger partial charge in [0.05, 0.1) is 0 Å². The number of rotatable bonds is 6. The molecule has 0 aromatic heterocycles. The number of nitrogens with two attached hydrogens (primary N) is 1. The Morgan fingerprint density at radius 3 is 2.56 bits per heavy atom. The first-order valence-electron chi connectivity index (χ1n) is 7.85. The molecule has 0 atom stereocenters. The van der Waals surface area contributed by atoms with Crippen LogP contribution in [0.2, 0.25) is 5.02 Å². The maximum Gasteiger partial charge on any atom is 0.220 e. The van der Waals surface area contributed by atoms with E-state index in [-0.39, 0.29) is 24.1 Å². The van der Waals surface area contributed by atoms with Gasteiger partial charge in [-0.15, -0.1) is 12.4 Å². The van der Waals surface area contributed by atoms with Gasteiger partial charge in [-0.1, -0.05) is 49.7 Å². The molecule has 3 nitrogen and oxygen atoms in total. The molecule has 0 aliphatic rings. The van der Waals surface area contributed by atoms with Crippen molar-refractivity contribution in [2.75, 3.05) is 12.3 Å². The molecular formula is C19H23Cl2FN2O. The van der Waals surface area contributed by atoms with E-state index in [4.69, 9.17) is 17.3 Å². The number of hydrogen-bond donors (Lipinski definition) is 2. The fourth-order valence-corrected chi connectivity index (χ4v) is 2.97. The third-order valence-corrected chi connectivity index (χ3v) is 4.38. The lowest BCUT2D eigenvalue weighted by Crippen LogP contribution is -2.37. The number of aryl methyl sites for hydroxylation is 1. The van der Waals surface area contributed by atoms with Gasteiger partial charge in [0.25, 0.3) is 0 Å². The average molecular weight is 385 g/mol. The highest BCUT2D eigenvalue weighted by molar-refractivity contribution is 6.31. The minimum atomic E-state index is -0.397. The lowest BCUT2D eigenvalue weighted by molar-refractivity contribution is -0.121. The highest BCUT2D eigenvalue weighted by Gasteiger charge is 2.24. The van der Waals surface area contributed by atoms with Crippen LogP contribution in [-0.4, -0.2) is 12.5 Å². The molecule has 0 aliphatic carbocycles. The van der Waals surface area contributed by atoms with E-state index >= 15 is 0 Å². The summed E-state index contributed by atoms with van der Waals surface area (Å²) in [4.78, 5) is 12.1. The molecule has 2 aromatic carbocycles. The largest absolute Gasteiger partial charge is 0.399 e.